The number of allylic oxidation sites excluding steroid dienone is 5. The Morgan fingerprint density at radius 3 is 1.98 bits per heavy atom. The third kappa shape index (κ3) is 18.3. The van der Waals surface area contributed by atoms with Crippen LogP contribution in [0.25, 0.3) is 5.57 Å². The summed E-state index contributed by atoms with van der Waals surface area (Å²) < 4.78 is 13.8. The number of halogens is 2. The van der Waals surface area contributed by atoms with Crippen molar-refractivity contribution in [1.29, 1.82) is 0 Å². The van der Waals surface area contributed by atoms with E-state index in [1.54, 1.807) is 13.0 Å². The molecule has 2 aromatic rings. The molecule has 46 heavy (non-hydrogen) atoms. The average Bonchev–Trinajstić information content (AvgIpc) is 3.46. The summed E-state index contributed by atoms with van der Waals surface area (Å²) in [6, 6.07) is 13.6. The Bertz CT molecular complexity index is 1220. The van der Waals surface area contributed by atoms with Gasteiger partial charge in [0, 0.05) is 34.2 Å². The van der Waals surface area contributed by atoms with Gasteiger partial charge in [0.1, 0.15) is 12.6 Å². The summed E-state index contributed by atoms with van der Waals surface area (Å²) in [5, 5.41) is 4.14. The van der Waals surface area contributed by atoms with Gasteiger partial charge in [-0.15, -0.1) is 18.9 Å². The Morgan fingerprint density at radius 2 is 1.59 bits per heavy atom. The highest BCUT2D eigenvalue weighted by Crippen LogP contribution is 2.35. The fraction of sp³-hybridized carbons (Fsp3) is 0.366. The lowest BCUT2D eigenvalue weighted by Crippen LogP contribution is -2.21. The lowest BCUT2D eigenvalue weighted by atomic mass is 9.92. The number of aryl methyl sites for hydroxylation is 1. The second-order valence-electron chi connectivity index (χ2n) is 10.4. The van der Waals surface area contributed by atoms with Crippen molar-refractivity contribution in [2.45, 2.75) is 80.7 Å². The minimum Gasteiger partial charge on any atom is -0.318 e. The van der Waals surface area contributed by atoms with Crippen LogP contribution in [0.2, 0.25) is 5.02 Å². The van der Waals surface area contributed by atoms with Gasteiger partial charge < -0.3 is 15.0 Å². The highest BCUT2D eigenvalue weighted by Gasteiger charge is 2.31. The predicted octanol–water partition coefficient (Wildman–Crippen LogP) is 12.3. The summed E-state index contributed by atoms with van der Waals surface area (Å²) in [5.41, 5.74) is 8.45. The van der Waals surface area contributed by atoms with E-state index in [-0.39, 0.29) is 5.82 Å². The van der Waals surface area contributed by atoms with Crippen molar-refractivity contribution >= 4 is 29.7 Å². The van der Waals surface area contributed by atoms with Crippen LogP contribution in [0.4, 0.5) is 10.1 Å². The van der Waals surface area contributed by atoms with Gasteiger partial charge in [0.05, 0.1) is 0 Å². The first-order valence-electron chi connectivity index (χ1n) is 15.8. The maximum Gasteiger partial charge on any atom is 0.132 e. The van der Waals surface area contributed by atoms with Crippen LogP contribution in [0.15, 0.2) is 117 Å². The summed E-state index contributed by atoms with van der Waals surface area (Å²) in [7, 11) is 2.05. The van der Waals surface area contributed by atoms with Gasteiger partial charge in [0.15, 0.2) is 0 Å². The number of carbonyl (C=O) groups excluding carboxylic acids is 1. The van der Waals surface area contributed by atoms with Gasteiger partial charge in [-0.25, -0.2) is 4.39 Å². The van der Waals surface area contributed by atoms with E-state index in [1.165, 1.54) is 36.5 Å². The van der Waals surface area contributed by atoms with Crippen LogP contribution in [-0.4, -0.2) is 19.9 Å². The molecule has 0 aromatic heterocycles. The van der Waals surface area contributed by atoms with Crippen LogP contribution >= 0.6 is 11.6 Å². The van der Waals surface area contributed by atoms with Crippen LogP contribution in [0.1, 0.15) is 78.9 Å². The molecule has 2 aliphatic rings. The summed E-state index contributed by atoms with van der Waals surface area (Å²) in [5.74, 6) is 1.24. The largest absolute Gasteiger partial charge is 0.318 e. The monoisotopic (exact) mass is 650 g/mol. The second kappa shape index (κ2) is 28.8. The molecule has 1 heterocycles. The zero-order valence-corrected chi connectivity index (χ0v) is 30.8. The van der Waals surface area contributed by atoms with Gasteiger partial charge in [-0.2, -0.15) is 0 Å². The number of nitrogens with zero attached hydrogens (tertiary/aromatic N) is 1. The third-order valence-electron chi connectivity index (χ3n) is 6.77. The van der Waals surface area contributed by atoms with Crippen LogP contribution in [0, 0.1) is 24.6 Å². The van der Waals surface area contributed by atoms with Crippen molar-refractivity contribution in [3.8, 4) is 0 Å². The second-order valence-corrected chi connectivity index (χ2v) is 10.8. The molecule has 0 saturated heterocycles. The number of rotatable bonds is 4. The molecule has 4 rings (SSSR count). The predicted molar refractivity (Wildman–Crippen MR) is 206 cm³/mol. The Hall–Kier alpha value is -3.69. The molecule has 0 bridgehead atoms. The third-order valence-corrected chi connectivity index (χ3v) is 7.02. The van der Waals surface area contributed by atoms with Crippen LogP contribution < -0.4 is 10.2 Å². The first kappa shape index (κ1) is 46.7. The number of nitrogens with one attached hydrogen (secondary N) is 1. The molecule has 1 N–H and O–H groups in total. The molecule has 1 saturated carbocycles. The Labute approximate surface area is 286 Å². The zero-order valence-electron chi connectivity index (χ0n) is 30.1. The number of benzene rings is 2. The van der Waals surface area contributed by atoms with E-state index < -0.39 is 0 Å². The Morgan fingerprint density at radius 1 is 1.04 bits per heavy atom. The van der Waals surface area contributed by atoms with E-state index in [4.69, 9.17) is 16.4 Å². The molecule has 1 aliphatic heterocycles. The fourth-order valence-electron chi connectivity index (χ4n) is 4.48. The number of anilines is 1. The zero-order chi connectivity index (χ0) is 36.2. The summed E-state index contributed by atoms with van der Waals surface area (Å²) >= 11 is 5.61. The van der Waals surface area contributed by atoms with E-state index >= 15 is 0 Å². The van der Waals surface area contributed by atoms with Crippen molar-refractivity contribution in [1.82, 2.24) is 5.32 Å². The standard InChI is InChI=1S/C15H14FN.C11H19N.C7H7Cl.C3H8.C2H6.C2H4.CH2O/c1-11(2)14-8-7-13(10-15(14)16)17-9-5-4-6-12(17)3;1-5-8(2)11-7-10(12-4)6-9(11)3;1-6-2-4-7(8)5-3-6;1-3-2;3*1-2/h4-10H,1,3H2,2H3;9-12H,1,6-7H2,2-4H3;2-5H,1H3;3H2,1-2H3;1-2H3;1-2H2;1H2/t;9?,10?,11-;;;;;/m.1...../s1. The van der Waals surface area contributed by atoms with Gasteiger partial charge >= 0.3 is 0 Å². The van der Waals surface area contributed by atoms with E-state index in [2.05, 4.69) is 71.6 Å². The van der Waals surface area contributed by atoms with E-state index in [9.17, 15) is 4.39 Å². The maximum atomic E-state index is 13.8. The molecule has 3 atom stereocenters. The van der Waals surface area contributed by atoms with Gasteiger partial charge in [-0.3, -0.25) is 0 Å². The van der Waals surface area contributed by atoms with Gasteiger partial charge in [-0.05, 0) is 106 Å². The molecular weight excluding hydrogens is 591 g/mol. The molecule has 1 aliphatic carbocycles. The molecule has 1 fully saturated rings. The first-order valence-corrected chi connectivity index (χ1v) is 16.2. The minimum absolute atomic E-state index is 0.259. The highest BCUT2D eigenvalue weighted by molar-refractivity contribution is 6.30. The average molecular weight is 651 g/mol. The van der Waals surface area contributed by atoms with Crippen molar-refractivity contribution < 1.29 is 9.18 Å². The number of hydrogen-bond donors (Lipinski definition) is 1. The Balaban J connectivity index is -0.000000559. The van der Waals surface area contributed by atoms with Crippen molar-refractivity contribution in [2.75, 3.05) is 11.9 Å². The summed E-state index contributed by atoms with van der Waals surface area (Å²) in [6.45, 7) is 35.9. The molecule has 2 aromatic carbocycles. The highest BCUT2D eigenvalue weighted by atomic mass is 35.5. The summed E-state index contributed by atoms with van der Waals surface area (Å²) in [4.78, 5) is 9.84. The lowest BCUT2D eigenvalue weighted by Gasteiger charge is -2.23. The molecule has 0 radical (unpaired) electrons. The molecule has 5 heteroatoms. The van der Waals surface area contributed by atoms with Gasteiger partial charge in [0.25, 0.3) is 0 Å². The van der Waals surface area contributed by atoms with Crippen LogP contribution in [0.5, 0.6) is 0 Å². The summed E-state index contributed by atoms with van der Waals surface area (Å²) in [6.07, 6.45) is 11.3. The maximum absolute atomic E-state index is 13.8. The quantitative estimate of drug-likeness (QED) is 0.264. The van der Waals surface area contributed by atoms with Crippen molar-refractivity contribution in [3.05, 3.63) is 139 Å². The normalized spacial score (nSPS) is 16.6. The van der Waals surface area contributed by atoms with Crippen LogP contribution in [0.3, 0.4) is 0 Å². The first-order chi connectivity index (χ1) is 22.0. The van der Waals surface area contributed by atoms with E-state index in [1.807, 2.05) is 94.3 Å². The van der Waals surface area contributed by atoms with E-state index in [0.717, 1.165) is 27.9 Å². The van der Waals surface area contributed by atoms with E-state index in [0.29, 0.717) is 17.5 Å². The molecule has 0 spiro atoms. The number of hydrogen-bond acceptors (Lipinski definition) is 3. The SMILES string of the molecule is C=C.C=C(C)c1ccc(N2C=CC=CC2=C)cc1F.C=C=C(C)[C@H]1CC(NC)CC1C.C=O.CC.CCC.Cc1ccc(Cl)cc1. The van der Waals surface area contributed by atoms with Crippen molar-refractivity contribution in [3.63, 3.8) is 0 Å². The molecule has 254 valence electrons. The van der Waals surface area contributed by atoms with Crippen LogP contribution in [-0.2, 0) is 4.79 Å². The lowest BCUT2D eigenvalue weighted by molar-refractivity contribution is -0.0980. The van der Waals surface area contributed by atoms with Gasteiger partial charge in [0.2, 0.25) is 0 Å². The fourth-order valence-corrected chi connectivity index (χ4v) is 4.61. The van der Waals surface area contributed by atoms with Crippen molar-refractivity contribution in [2.24, 2.45) is 11.8 Å². The van der Waals surface area contributed by atoms with Gasteiger partial charge in [-0.1, -0.05) is 96.1 Å². The Kier molecular flexibility index (Phi) is 29.2. The molecular formula is C41H60ClFN2O. The smallest absolute Gasteiger partial charge is 0.132 e. The topological polar surface area (TPSA) is 32.3 Å². The number of carbonyl (C=O) groups is 1. The molecule has 2 unspecified atom stereocenters. The minimum atomic E-state index is -0.259. The molecule has 0 amide bonds. The molecule has 3 nitrogen and oxygen atoms in total.